The molecule has 1 aliphatic heterocycles. The summed E-state index contributed by atoms with van der Waals surface area (Å²) in [6, 6.07) is 12.6. The summed E-state index contributed by atoms with van der Waals surface area (Å²) in [4.78, 5) is 15.9. The van der Waals surface area contributed by atoms with Crippen LogP contribution in [-0.2, 0) is 0 Å². The number of aryl methyl sites for hydroxylation is 1. The summed E-state index contributed by atoms with van der Waals surface area (Å²) < 4.78 is 13.2. The molecule has 2 amide bonds. The van der Waals surface area contributed by atoms with Crippen molar-refractivity contribution in [1.29, 1.82) is 0 Å². The first-order valence-corrected chi connectivity index (χ1v) is 10.5. The van der Waals surface area contributed by atoms with Gasteiger partial charge in [0.2, 0.25) is 0 Å². The summed E-state index contributed by atoms with van der Waals surface area (Å²) in [5, 5.41) is 3.64. The zero-order chi connectivity index (χ0) is 19.4. The number of rotatable bonds is 5. The maximum atomic E-state index is 13.2. The fourth-order valence-corrected chi connectivity index (χ4v) is 4.42. The third-order valence-corrected chi connectivity index (χ3v) is 6.38. The number of nitrogens with one attached hydrogen (secondary N) is 1. The second kappa shape index (κ2) is 8.79. The van der Waals surface area contributed by atoms with Crippen LogP contribution in [0.3, 0.4) is 0 Å². The number of amides is 2. The van der Waals surface area contributed by atoms with E-state index in [1.807, 2.05) is 29.7 Å². The molecule has 0 bridgehead atoms. The molecular formula is C22H27FN2OS. The van der Waals surface area contributed by atoms with Gasteiger partial charge in [-0.1, -0.05) is 26.0 Å². The second-order valence-corrected chi connectivity index (χ2v) is 8.66. The fourth-order valence-electron chi connectivity index (χ4n) is 3.39. The fraction of sp³-hybridized carbons (Fsp3) is 0.409. The molecule has 2 aromatic carbocycles. The number of likely N-dealkylation sites (tertiary alicyclic amines) is 1. The minimum atomic E-state index is -0.251. The van der Waals surface area contributed by atoms with Crippen LogP contribution in [0.2, 0.25) is 0 Å². The van der Waals surface area contributed by atoms with E-state index >= 15 is 0 Å². The molecule has 2 unspecified atom stereocenters. The Kier molecular flexibility index (Phi) is 6.42. The lowest BCUT2D eigenvalue weighted by atomic mass is 10.0. The van der Waals surface area contributed by atoms with Gasteiger partial charge in [0, 0.05) is 22.4 Å². The minimum absolute atomic E-state index is 0.00568. The molecule has 0 aliphatic carbocycles. The van der Waals surface area contributed by atoms with Crippen LogP contribution in [0.1, 0.15) is 50.3 Å². The van der Waals surface area contributed by atoms with Crippen LogP contribution in [0, 0.1) is 12.7 Å². The molecule has 144 valence electrons. The van der Waals surface area contributed by atoms with E-state index in [-0.39, 0.29) is 17.9 Å². The topological polar surface area (TPSA) is 32.3 Å². The number of anilines is 1. The normalized spacial score (nSPS) is 17.8. The van der Waals surface area contributed by atoms with Crippen molar-refractivity contribution in [2.45, 2.75) is 56.2 Å². The van der Waals surface area contributed by atoms with Gasteiger partial charge in [-0.3, -0.25) is 0 Å². The molecule has 1 heterocycles. The van der Waals surface area contributed by atoms with E-state index in [2.05, 4.69) is 31.3 Å². The average Bonchev–Trinajstić information content (AvgIpc) is 3.14. The quantitative estimate of drug-likeness (QED) is 0.604. The predicted octanol–water partition coefficient (Wildman–Crippen LogP) is 6.39. The van der Waals surface area contributed by atoms with E-state index in [0.29, 0.717) is 5.25 Å². The van der Waals surface area contributed by atoms with Gasteiger partial charge in [-0.05, 0) is 67.6 Å². The molecule has 2 aromatic rings. The van der Waals surface area contributed by atoms with Crippen molar-refractivity contribution < 1.29 is 9.18 Å². The third kappa shape index (κ3) is 4.83. The van der Waals surface area contributed by atoms with E-state index in [9.17, 15) is 9.18 Å². The molecule has 27 heavy (non-hydrogen) atoms. The second-order valence-electron chi connectivity index (χ2n) is 7.15. The zero-order valence-corrected chi connectivity index (χ0v) is 17.0. The Bertz CT molecular complexity index is 793. The standard InChI is InChI=1S/C22H27FN2OS/c1-4-16(3)27-19-11-12-20(15(2)14-19)24-22(26)25-13-5-6-21(25)17-7-9-18(23)10-8-17/h7-12,14,16,21H,4-6,13H2,1-3H3,(H,24,26). The highest BCUT2D eigenvalue weighted by Crippen LogP contribution is 2.33. The molecule has 3 rings (SSSR count). The summed E-state index contributed by atoms with van der Waals surface area (Å²) in [5.74, 6) is -0.251. The first-order valence-electron chi connectivity index (χ1n) is 9.58. The number of carbonyl (C=O) groups is 1. The van der Waals surface area contributed by atoms with E-state index in [0.717, 1.165) is 42.6 Å². The molecule has 0 aromatic heterocycles. The van der Waals surface area contributed by atoms with Gasteiger partial charge >= 0.3 is 6.03 Å². The largest absolute Gasteiger partial charge is 0.322 e. The van der Waals surface area contributed by atoms with Crippen molar-refractivity contribution in [3.63, 3.8) is 0 Å². The molecule has 0 saturated carbocycles. The average molecular weight is 387 g/mol. The van der Waals surface area contributed by atoms with Crippen molar-refractivity contribution in [3.8, 4) is 0 Å². The lowest BCUT2D eigenvalue weighted by molar-refractivity contribution is 0.207. The van der Waals surface area contributed by atoms with E-state index in [1.165, 1.54) is 17.0 Å². The molecule has 1 N–H and O–H groups in total. The molecular weight excluding hydrogens is 359 g/mol. The van der Waals surface area contributed by atoms with Crippen LogP contribution in [-0.4, -0.2) is 22.7 Å². The summed E-state index contributed by atoms with van der Waals surface area (Å²) in [6.07, 6.45) is 2.99. The van der Waals surface area contributed by atoms with Crippen LogP contribution in [0.15, 0.2) is 47.4 Å². The maximum absolute atomic E-state index is 13.2. The Morgan fingerprint density at radius 1 is 1.30 bits per heavy atom. The number of carbonyl (C=O) groups excluding carboxylic acids is 1. The number of halogens is 1. The number of thioether (sulfide) groups is 1. The van der Waals surface area contributed by atoms with Gasteiger partial charge in [-0.15, -0.1) is 11.8 Å². The lowest BCUT2D eigenvalue weighted by Gasteiger charge is -2.26. The van der Waals surface area contributed by atoms with Crippen molar-refractivity contribution in [3.05, 3.63) is 59.4 Å². The number of nitrogens with zero attached hydrogens (tertiary/aromatic N) is 1. The number of hydrogen-bond acceptors (Lipinski definition) is 2. The Balaban J connectivity index is 1.70. The molecule has 3 nitrogen and oxygen atoms in total. The van der Waals surface area contributed by atoms with Gasteiger partial charge < -0.3 is 10.2 Å². The van der Waals surface area contributed by atoms with Crippen LogP contribution in [0.25, 0.3) is 0 Å². The zero-order valence-electron chi connectivity index (χ0n) is 16.2. The van der Waals surface area contributed by atoms with Crippen LogP contribution in [0.4, 0.5) is 14.9 Å². The van der Waals surface area contributed by atoms with Gasteiger partial charge in [0.15, 0.2) is 0 Å². The van der Waals surface area contributed by atoms with Gasteiger partial charge in [-0.2, -0.15) is 0 Å². The Morgan fingerprint density at radius 3 is 2.70 bits per heavy atom. The van der Waals surface area contributed by atoms with Gasteiger partial charge in [0.25, 0.3) is 0 Å². The minimum Gasteiger partial charge on any atom is -0.317 e. The highest BCUT2D eigenvalue weighted by Gasteiger charge is 2.30. The highest BCUT2D eigenvalue weighted by molar-refractivity contribution is 7.99. The molecule has 0 radical (unpaired) electrons. The van der Waals surface area contributed by atoms with E-state index in [1.54, 1.807) is 12.1 Å². The van der Waals surface area contributed by atoms with Crippen molar-refractivity contribution in [1.82, 2.24) is 4.90 Å². The van der Waals surface area contributed by atoms with Crippen LogP contribution in [0.5, 0.6) is 0 Å². The maximum Gasteiger partial charge on any atom is 0.322 e. The van der Waals surface area contributed by atoms with Gasteiger partial charge in [0.05, 0.1) is 6.04 Å². The third-order valence-electron chi connectivity index (χ3n) is 5.12. The van der Waals surface area contributed by atoms with Crippen molar-refractivity contribution in [2.24, 2.45) is 0 Å². The Labute approximate surface area is 165 Å². The van der Waals surface area contributed by atoms with Gasteiger partial charge in [-0.25, -0.2) is 9.18 Å². The predicted molar refractivity (Wildman–Crippen MR) is 111 cm³/mol. The first kappa shape index (κ1) is 19.7. The molecule has 0 spiro atoms. The van der Waals surface area contributed by atoms with Crippen LogP contribution >= 0.6 is 11.8 Å². The monoisotopic (exact) mass is 386 g/mol. The summed E-state index contributed by atoms with van der Waals surface area (Å²) in [7, 11) is 0. The molecule has 1 saturated heterocycles. The molecule has 1 aliphatic rings. The first-order chi connectivity index (χ1) is 13.0. The van der Waals surface area contributed by atoms with Crippen molar-refractivity contribution >= 4 is 23.5 Å². The summed E-state index contributed by atoms with van der Waals surface area (Å²) >= 11 is 1.86. The Hall–Kier alpha value is -2.01. The molecule has 1 fully saturated rings. The molecule has 5 heteroatoms. The Morgan fingerprint density at radius 2 is 2.04 bits per heavy atom. The van der Waals surface area contributed by atoms with Gasteiger partial charge in [0.1, 0.15) is 5.82 Å². The smallest absolute Gasteiger partial charge is 0.317 e. The number of hydrogen-bond donors (Lipinski definition) is 1. The summed E-state index contributed by atoms with van der Waals surface area (Å²) in [6.45, 7) is 7.15. The molecule has 2 atom stereocenters. The lowest BCUT2D eigenvalue weighted by Crippen LogP contribution is -2.34. The number of benzene rings is 2. The SMILES string of the molecule is CCC(C)Sc1ccc(NC(=O)N2CCCC2c2ccc(F)cc2)c(C)c1. The van der Waals surface area contributed by atoms with Crippen molar-refractivity contribution in [2.75, 3.05) is 11.9 Å². The highest BCUT2D eigenvalue weighted by atomic mass is 32.2. The number of urea groups is 1. The summed E-state index contributed by atoms with van der Waals surface area (Å²) in [5.41, 5.74) is 2.90. The van der Waals surface area contributed by atoms with E-state index < -0.39 is 0 Å². The van der Waals surface area contributed by atoms with Crippen LogP contribution < -0.4 is 5.32 Å². The van der Waals surface area contributed by atoms with E-state index in [4.69, 9.17) is 0 Å².